The summed E-state index contributed by atoms with van der Waals surface area (Å²) in [5.74, 6) is 2.67. The van der Waals surface area contributed by atoms with E-state index in [1.165, 1.54) is 12.1 Å². The second-order valence-corrected chi connectivity index (χ2v) is 19.4. The molecule has 12 heteroatoms. The van der Waals surface area contributed by atoms with Gasteiger partial charge in [0.25, 0.3) is 0 Å². The van der Waals surface area contributed by atoms with Crippen LogP contribution in [0.5, 0.6) is 11.8 Å². The predicted octanol–water partition coefficient (Wildman–Crippen LogP) is 7.63. The van der Waals surface area contributed by atoms with Crippen molar-refractivity contribution in [2.45, 2.75) is 140 Å². The Bertz CT molecular complexity index is 2150. The Hall–Kier alpha value is -4.31. The topological polar surface area (TPSA) is 103 Å². The number of phenols is 1. The van der Waals surface area contributed by atoms with E-state index in [4.69, 9.17) is 25.9 Å². The average molecular weight is 839 g/mol. The molecule has 8 rings (SSSR count). The highest BCUT2D eigenvalue weighted by atomic mass is 19.1. The zero-order valence-electron chi connectivity index (χ0n) is 36.5. The van der Waals surface area contributed by atoms with Crippen LogP contribution in [0.15, 0.2) is 36.9 Å². The van der Waals surface area contributed by atoms with Gasteiger partial charge < -0.3 is 24.8 Å². The van der Waals surface area contributed by atoms with Gasteiger partial charge in [-0.2, -0.15) is 9.97 Å². The first-order chi connectivity index (χ1) is 29.3. The number of hydrogen-bond donors (Lipinski definition) is 2. The molecule has 61 heavy (non-hydrogen) atoms. The van der Waals surface area contributed by atoms with Crippen LogP contribution in [0.3, 0.4) is 0 Å². The van der Waals surface area contributed by atoms with Crippen LogP contribution in [0.2, 0.25) is 0 Å². The molecule has 0 spiro atoms. The molecule has 1 aromatic heterocycles. The van der Waals surface area contributed by atoms with Gasteiger partial charge in [-0.05, 0) is 118 Å². The van der Waals surface area contributed by atoms with Crippen molar-refractivity contribution in [3.63, 3.8) is 0 Å². The SMILES string of the molecule is C#Cc1c(F)ccc2cc(O)cc([C@H]3CCc4c(nc(OC[C@]5(C(C)(C)C)C[C@@H](F)CN5C5CCC(N6CCOC[C@@H]6C)CC5)nc4N4CCCCC(NC(=O)C=C)C4)C3)c12. The number of morpholine rings is 1. The van der Waals surface area contributed by atoms with E-state index in [1.54, 1.807) is 18.2 Å². The summed E-state index contributed by atoms with van der Waals surface area (Å²) in [6.07, 6.45) is 15.3. The molecule has 1 saturated carbocycles. The zero-order valence-corrected chi connectivity index (χ0v) is 36.5. The molecule has 4 fully saturated rings. The average Bonchev–Trinajstić information content (AvgIpc) is 3.43. The van der Waals surface area contributed by atoms with Gasteiger partial charge in [0.2, 0.25) is 5.91 Å². The first-order valence-corrected chi connectivity index (χ1v) is 22.6. The van der Waals surface area contributed by atoms with Crippen molar-refractivity contribution in [2.75, 3.05) is 50.9 Å². The molecule has 3 aromatic rings. The van der Waals surface area contributed by atoms with Gasteiger partial charge in [0, 0.05) is 67.7 Å². The largest absolute Gasteiger partial charge is 0.508 e. The van der Waals surface area contributed by atoms with Crippen LogP contribution < -0.4 is 15.0 Å². The summed E-state index contributed by atoms with van der Waals surface area (Å²) < 4.78 is 43.8. The van der Waals surface area contributed by atoms with Crippen molar-refractivity contribution >= 4 is 22.5 Å². The molecule has 5 atom stereocenters. The maximum atomic E-state index is 16.0. The number of fused-ring (bicyclic) bond motifs is 2. The van der Waals surface area contributed by atoms with E-state index in [9.17, 15) is 9.90 Å². The quantitative estimate of drug-likeness (QED) is 0.167. The number of anilines is 1. The fourth-order valence-electron chi connectivity index (χ4n) is 11.5. The summed E-state index contributed by atoms with van der Waals surface area (Å²) in [6, 6.07) is 7.67. The van der Waals surface area contributed by atoms with E-state index in [2.05, 4.69) is 60.2 Å². The Balaban J connectivity index is 1.13. The number of rotatable bonds is 9. The molecule has 3 saturated heterocycles. The highest BCUT2D eigenvalue weighted by molar-refractivity contribution is 5.93. The third kappa shape index (κ3) is 8.72. The third-order valence-corrected chi connectivity index (χ3v) is 14.7. The van der Waals surface area contributed by atoms with Crippen LogP contribution in [0.1, 0.15) is 114 Å². The molecule has 2 N–H and O–H groups in total. The second kappa shape index (κ2) is 17.8. The van der Waals surface area contributed by atoms with Gasteiger partial charge in [-0.1, -0.05) is 39.3 Å². The fraction of sp³-hybridized carbons (Fsp3) is 0.612. The van der Waals surface area contributed by atoms with Gasteiger partial charge in [-0.25, -0.2) is 8.78 Å². The van der Waals surface area contributed by atoms with Crippen LogP contribution in [0.25, 0.3) is 10.8 Å². The van der Waals surface area contributed by atoms with Gasteiger partial charge in [0.05, 0.1) is 30.0 Å². The molecule has 328 valence electrons. The zero-order chi connectivity index (χ0) is 43.1. The summed E-state index contributed by atoms with van der Waals surface area (Å²) in [7, 11) is 0. The number of ether oxygens (including phenoxy) is 2. The van der Waals surface area contributed by atoms with E-state index in [-0.39, 0.29) is 53.3 Å². The molecule has 1 amide bonds. The van der Waals surface area contributed by atoms with Gasteiger partial charge in [-0.15, -0.1) is 6.42 Å². The minimum absolute atomic E-state index is 0.0886. The number of carbonyl (C=O) groups is 1. The first-order valence-electron chi connectivity index (χ1n) is 22.6. The van der Waals surface area contributed by atoms with E-state index >= 15 is 8.78 Å². The van der Waals surface area contributed by atoms with E-state index in [0.29, 0.717) is 61.6 Å². The first kappa shape index (κ1) is 43.3. The number of alkyl halides is 1. The molecule has 4 heterocycles. The highest BCUT2D eigenvalue weighted by Crippen LogP contribution is 2.49. The lowest BCUT2D eigenvalue weighted by Crippen LogP contribution is -2.61. The number of aromatic nitrogens is 2. The fourth-order valence-corrected chi connectivity index (χ4v) is 11.5. The number of nitrogens with zero attached hydrogens (tertiary/aromatic N) is 5. The molecule has 3 aliphatic heterocycles. The van der Waals surface area contributed by atoms with Crippen LogP contribution >= 0.6 is 0 Å². The van der Waals surface area contributed by atoms with Crippen molar-refractivity contribution in [1.29, 1.82) is 0 Å². The predicted molar refractivity (Wildman–Crippen MR) is 235 cm³/mol. The maximum absolute atomic E-state index is 16.0. The molecule has 0 radical (unpaired) electrons. The Kier molecular flexibility index (Phi) is 12.7. The maximum Gasteiger partial charge on any atom is 0.318 e. The van der Waals surface area contributed by atoms with Crippen molar-refractivity contribution in [3.8, 4) is 24.1 Å². The van der Waals surface area contributed by atoms with E-state index in [1.807, 2.05) is 0 Å². The normalized spacial score (nSPS) is 29.1. The van der Waals surface area contributed by atoms with Gasteiger partial charge in [0.15, 0.2) is 0 Å². The standard InChI is InChI=1S/C49H64F2N6O4/c1-7-39-42(51)19-13-33-23-38(58)25-41(45(33)39)32-12-18-40-43(24-32)53-47(54-46(40)55-20-10-9-11-35(28-55)52-44(59)8-2)61-30-49(48(4,5)6)26-34(50)27-57(49)37-16-14-36(15-17-37)56-21-22-60-29-31(56)3/h1,8,13,19,23,25,31-32,34-37,58H,2,9-12,14-18,20-22,24,26-30H2,3-6H3,(H,52,59)/t31-,32-,34+,35?,36?,37?,49-/m0/s1. The van der Waals surface area contributed by atoms with Crippen molar-refractivity contribution in [2.24, 2.45) is 5.41 Å². The Morgan fingerprint density at radius 1 is 1.11 bits per heavy atom. The van der Waals surface area contributed by atoms with E-state index < -0.39 is 17.5 Å². The molecule has 10 nitrogen and oxygen atoms in total. The second-order valence-electron chi connectivity index (χ2n) is 19.4. The summed E-state index contributed by atoms with van der Waals surface area (Å²) in [4.78, 5) is 30.2. The molecule has 2 aliphatic carbocycles. The molecular weight excluding hydrogens is 775 g/mol. The number of amides is 1. The number of phenolic OH excluding ortho intramolecular Hbond substituents is 1. The van der Waals surface area contributed by atoms with Crippen molar-refractivity contribution < 1.29 is 28.2 Å². The van der Waals surface area contributed by atoms with Crippen LogP contribution in [-0.2, 0) is 22.4 Å². The number of terminal acetylenes is 1. The highest BCUT2D eigenvalue weighted by Gasteiger charge is 2.56. The number of aromatic hydroxyl groups is 1. The summed E-state index contributed by atoms with van der Waals surface area (Å²) in [5, 5.41) is 15.3. The minimum Gasteiger partial charge on any atom is -0.508 e. The van der Waals surface area contributed by atoms with E-state index in [0.717, 1.165) is 93.9 Å². The van der Waals surface area contributed by atoms with Crippen LogP contribution in [0.4, 0.5) is 14.6 Å². The van der Waals surface area contributed by atoms with Crippen molar-refractivity contribution in [1.82, 2.24) is 25.1 Å². The Morgan fingerprint density at radius 2 is 1.90 bits per heavy atom. The third-order valence-electron chi connectivity index (χ3n) is 14.7. The monoisotopic (exact) mass is 838 g/mol. The minimum atomic E-state index is -0.977. The van der Waals surface area contributed by atoms with Gasteiger partial charge in [-0.3, -0.25) is 14.6 Å². The summed E-state index contributed by atoms with van der Waals surface area (Å²) >= 11 is 0. The number of halogens is 2. The smallest absolute Gasteiger partial charge is 0.318 e. The molecule has 0 bridgehead atoms. The summed E-state index contributed by atoms with van der Waals surface area (Å²) in [6.45, 7) is 17.0. The molecule has 2 aromatic carbocycles. The van der Waals surface area contributed by atoms with Gasteiger partial charge >= 0.3 is 6.01 Å². The lowest BCUT2D eigenvalue weighted by Gasteiger charge is -2.52. The summed E-state index contributed by atoms with van der Waals surface area (Å²) in [5.41, 5.74) is 1.90. The number of hydrogen-bond acceptors (Lipinski definition) is 9. The van der Waals surface area contributed by atoms with Crippen molar-refractivity contribution in [3.05, 3.63) is 65.1 Å². The van der Waals surface area contributed by atoms with Gasteiger partial charge in [0.1, 0.15) is 30.2 Å². The van der Waals surface area contributed by atoms with Crippen LogP contribution in [0, 0.1) is 23.6 Å². The Morgan fingerprint density at radius 3 is 2.64 bits per heavy atom. The number of likely N-dealkylation sites (tertiary alicyclic amines) is 1. The molecule has 5 aliphatic rings. The lowest BCUT2D eigenvalue weighted by atomic mass is 9.71. The number of benzene rings is 2. The molecular formula is C49H64F2N6O4. The van der Waals surface area contributed by atoms with Crippen LogP contribution in [-0.4, -0.2) is 113 Å². The lowest BCUT2D eigenvalue weighted by molar-refractivity contribution is -0.117. The Labute approximate surface area is 360 Å². The number of nitrogens with one attached hydrogen (secondary N) is 1. The number of carbonyl (C=O) groups excluding carboxylic acids is 1. The molecule has 1 unspecified atom stereocenters.